The lowest BCUT2D eigenvalue weighted by Crippen LogP contribution is -2.15. The molecule has 1 aromatic heterocycles. The molecule has 1 heterocycles. The van der Waals surface area contributed by atoms with Gasteiger partial charge in [0, 0.05) is 28.0 Å². The van der Waals surface area contributed by atoms with Crippen molar-refractivity contribution in [2.45, 2.75) is 31.6 Å². The molecule has 1 atom stereocenters. The SMILES string of the molecule is CC1(C)c2ccccc2-c2ccc(-c3nc(-c4cc(-c5ccccc5)cc(-c5ccccc5)c4)nc(-c4cc(-c5ccccc5)cc(C5C=CC=CC5)c4)n3)cc21. The Labute approximate surface area is 334 Å². The summed E-state index contributed by atoms with van der Waals surface area (Å²) in [6.45, 7) is 4.63. The van der Waals surface area contributed by atoms with E-state index in [1.54, 1.807) is 0 Å². The average molecular weight is 732 g/mol. The molecule has 0 bridgehead atoms. The van der Waals surface area contributed by atoms with E-state index in [0.29, 0.717) is 17.5 Å². The van der Waals surface area contributed by atoms with Gasteiger partial charge in [0.1, 0.15) is 0 Å². The monoisotopic (exact) mass is 731 g/mol. The predicted molar refractivity (Wildman–Crippen MR) is 236 cm³/mol. The van der Waals surface area contributed by atoms with E-state index < -0.39 is 0 Å². The molecule has 7 aromatic carbocycles. The number of aromatic nitrogens is 3. The third-order valence-corrected chi connectivity index (χ3v) is 11.6. The standard InChI is InChI=1S/C54H41N3/c1-54(2)49-26-16-15-25-47(49)48-28-27-40(35-50(48)54)51-55-52(45-31-41(36-17-7-3-8-18-36)29-42(32-45)37-19-9-4-10-20-37)57-53(56-51)46-33-43(38-21-11-5-12-22-38)30-44(34-46)39-23-13-6-14-24-39/h3-23,25-35,39H,24H2,1-2H3. The molecule has 8 aromatic rings. The molecule has 0 spiro atoms. The molecule has 3 nitrogen and oxygen atoms in total. The zero-order valence-electron chi connectivity index (χ0n) is 32.1. The lowest BCUT2D eigenvalue weighted by atomic mass is 9.82. The highest BCUT2D eigenvalue weighted by molar-refractivity contribution is 5.84. The smallest absolute Gasteiger partial charge is 0.164 e. The molecule has 0 amide bonds. The molecule has 272 valence electrons. The van der Waals surface area contributed by atoms with E-state index in [2.05, 4.69) is 208 Å². The van der Waals surface area contributed by atoms with Gasteiger partial charge < -0.3 is 0 Å². The van der Waals surface area contributed by atoms with Crippen LogP contribution in [0.1, 0.15) is 42.9 Å². The molecule has 2 aliphatic carbocycles. The maximum atomic E-state index is 5.37. The average Bonchev–Trinajstić information content (AvgIpc) is 3.52. The van der Waals surface area contributed by atoms with Crippen LogP contribution in [0.2, 0.25) is 0 Å². The van der Waals surface area contributed by atoms with E-state index in [4.69, 9.17) is 15.0 Å². The van der Waals surface area contributed by atoms with Crippen molar-refractivity contribution in [3.8, 4) is 78.7 Å². The summed E-state index contributed by atoms with van der Waals surface area (Å²) in [5.41, 5.74) is 16.0. The van der Waals surface area contributed by atoms with Gasteiger partial charge in [-0.15, -0.1) is 0 Å². The van der Waals surface area contributed by atoms with Crippen molar-refractivity contribution in [3.63, 3.8) is 0 Å². The highest BCUT2D eigenvalue weighted by atomic mass is 15.0. The Kier molecular flexibility index (Phi) is 8.64. The summed E-state index contributed by atoms with van der Waals surface area (Å²) in [4.78, 5) is 16.1. The van der Waals surface area contributed by atoms with Crippen LogP contribution in [0.3, 0.4) is 0 Å². The molecule has 0 aliphatic heterocycles. The molecule has 57 heavy (non-hydrogen) atoms. The van der Waals surface area contributed by atoms with Gasteiger partial charge in [-0.25, -0.2) is 15.0 Å². The van der Waals surface area contributed by atoms with E-state index in [-0.39, 0.29) is 11.3 Å². The Morgan fingerprint density at radius 3 is 1.46 bits per heavy atom. The summed E-state index contributed by atoms with van der Waals surface area (Å²) in [6, 6.07) is 60.8. The Bertz CT molecular complexity index is 2780. The van der Waals surface area contributed by atoms with Gasteiger partial charge in [0.05, 0.1) is 0 Å². The van der Waals surface area contributed by atoms with Gasteiger partial charge in [-0.3, -0.25) is 0 Å². The Morgan fingerprint density at radius 1 is 0.404 bits per heavy atom. The van der Waals surface area contributed by atoms with Gasteiger partial charge in [-0.1, -0.05) is 172 Å². The highest BCUT2D eigenvalue weighted by Crippen LogP contribution is 2.49. The minimum Gasteiger partial charge on any atom is -0.208 e. The van der Waals surface area contributed by atoms with Crippen LogP contribution in [0.25, 0.3) is 78.7 Å². The third-order valence-electron chi connectivity index (χ3n) is 11.6. The quantitative estimate of drug-likeness (QED) is 0.164. The molecule has 10 rings (SSSR count). The second kappa shape index (κ2) is 14.3. The molecule has 0 N–H and O–H groups in total. The number of rotatable bonds is 7. The molecule has 0 saturated carbocycles. The first-order valence-corrected chi connectivity index (χ1v) is 19.8. The number of fused-ring (bicyclic) bond motifs is 3. The van der Waals surface area contributed by atoms with Crippen LogP contribution >= 0.6 is 0 Å². The largest absolute Gasteiger partial charge is 0.208 e. The normalized spacial score (nSPS) is 14.9. The van der Waals surface area contributed by atoms with Crippen LogP contribution in [-0.4, -0.2) is 15.0 Å². The number of allylic oxidation sites excluding steroid dienone is 4. The lowest BCUT2D eigenvalue weighted by Gasteiger charge is -2.22. The van der Waals surface area contributed by atoms with Crippen molar-refractivity contribution in [2.24, 2.45) is 0 Å². The molecule has 0 saturated heterocycles. The van der Waals surface area contributed by atoms with Crippen LogP contribution in [0.15, 0.2) is 194 Å². The number of nitrogens with zero attached hydrogens (tertiary/aromatic N) is 3. The molecular weight excluding hydrogens is 691 g/mol. The molecule has 2 aliphatic rings. The second-order valence-electron chi connectivity index (χ2n) is 15.6. The Morgan fingerprint density at radius 2 is 0.877 bits per heavy atom. The van der Waals surface area contributed by atoms with E-state index in [1.807, 2.05) is 0 Å². The first kappa shape index (κ1) is 34.5. The van der Waals surface area contributed by atoms with E-state index in [9.17, 15) is 0 Å². The van der Waals surface area contributed by atoms with Crippen molar-refractivity contribution in [2.75, 3.05) is 0 Å². The van der Waals surface area contributed by atoms with Crippen molar-refractivity contribution in [3.05, 3.63) is 211 Å². The van der Waals surface area contributed by atoms with Crippen LogP contribution in [0, 0.1) is 0 Å². The summed E-state index contributed by atoms with van der Waals surface area (Å²) >= 11 is 0. The van der Waals surface area contributed by atoms with Gasteiger partial charge in [0.15, 0.2) is 17.5 Å². The molecule has 3 heteroatoms. The molecule has 1 unspecified atom stereocenters. The highest BCUT2D eigenvalue weighted by Gasteiger charge is 2.35. The number of benzene rings is 7. The van der Waals surface area contributed by atoms with Crippen molar-refractivity contribution in [1.29, 1.82) is 0 Å². The van der Waals surface area contributed by atoms with Crippen LogP contribution in [-0.2, 0) is 5.41 Å². The first-order chi connectivity index (χ1) is 28.0. The summed E-state index contributed by atoms with van der Waals surface area (Å²) in [5.74, 6) is 2.21. The molecule has 0 fully saturated rings. The summed E-state index contributed by atoms with van der Waals surface area (Å²) in [7, 11) is 0. The molecule has 0 radical (unpaired) electrons. The summed E-state index contributed by atoms with van der Waals surface area (Å²) in [5, 5.41) is 0. The van der Waals surface area contributed by atoms with E-state index in [0.717, 1.165) is 56.5 Å². The van der Waals surface area contributed by atoms with Crippen molar-refractivity contribution >= 4 is 0 Å². The van der Waals surface area contributed by atoms with Crippen LogP contribution < -0.4 is 0 Å². The minimum absolute atomic E-state index is 0.157. The van der Waals surface area contributed by atoms with Gasteiger partial charge >= 0.3 is 0 Å². The maximum Gasteiger partial charge on any atom is 0.164 e. The van der Waals surface area contributed by atoms with Gasteiger partial charge in [0.25, 0.3) is 0 Å². The van der Waals surface area contributed by atoms with Crippen molar-refractivity contribution < 1.29 is 0 Å². The van der Waals surface area contributed by atoms with Crippen LogP contribution in [0.5, 0.6) is 0 Å². The first-order valence-electron chi connectivity index (χ1n) is 19.8. The fourth-order valence-corrected chi connectivity index (χ4v) is 8.58. The van der Waals surface area contributed by atoms with Crippen LogP contribution in [0.4, 0.5) is 0 Å². The number of hydrogen-bond donors (Lipinski definition) is 0. The zero-order valence-corrected chi connectivity index (χ0v) is 32.1. The van der Waals surface area contributed by atoms with Gasteiger partial charge in [-0.2, -0.15) is 0 Å². The Hall–Kier alpha value is -6.97. The minimum atomic E-state index is -0.157. The zero-order chi connectivity index (χ0) is 38.3. The topological polar surface area (TPSA) is 38.7 Å². The second-order valence-corrected chi connectivity index (χ2v) is 15.6. The van der Waals surface area contributed by atoms with E-state index >= 15 is 0 Å². The van der Waals surface area contributed by atoms with Crippen molar-refractivity contribution in [1.82, 2.24) is 15.0 Å². The number of hydrogen-bond acceptors (Lipinski definition) is 3. The summed E-state index contributed by atoms with van der Waals surface area (Å²) in [6.07, 6.45) is 9.77. The lowest BCUT2D eigenvalue weighted by molar-refractivity contribution is 0.660. The molecular formula is C54H41N3. The van der Waals surface area contributed by atoms with E-state index in [1.165, 1.54) is 27.8 Å². The fourth-order valence-electron chi connectivity index (χ4n) is 8.58. The third kappa shape index (κ3) is 6.51. The maximum absolute atomic E-state index is 5.37. The predicted octanol–water partition coefficient (Wildman–Crippen LogP) is 13.8. The fraction of sp³-hybridized carbons (Fsp3) is 0.0926. The van der Waals surface area contributed by atoms with Gasteiger partial charge in [-0.05, 0) is 104 Å². The summed E-state index contributed by atoms with van der Waals surface area (Å²) < 4.78 is 0. The van der Waals surface area contributed by atoms with Gasteiger partial charge in [0.2, 0.25) is 0 Å². The Balaban J connectivity index is 1.20.